The number of rotatable bonds is 3. The summed E-state index contributed by atoms with van der Waals surface area (Å²) < 4.78 is 74.2. The Balaban J connectivity index is 3.21. The maximum Gasteiger partial charge on any atom is 0.416 e. The summed E-state index contributed by atoms with van der Waals surface area (Å²) in [6.07, 6.45) is -9.84. The van der Waals surface area contributed by atoms with E-state index in [0.29, 0.717) is 12.1 Å². The average molecular weight is 274 g/mol. The molecule has 0 saturated carbocycles. The second-order valence-corrected chi connectivity index (χ2v) is 3.25. The zero-order chi connectivity index (χ0) is 14.0. The Hall–Kier alpha value is -1.26. The van der Waals surface area contributed by atoms with Gasteiger partial charge in [0, 0.05) is 0 Å². The van der Waals surface area contributed by atoms with E-state index >= 15 is 0 Å². The molecule has 1 rings (SSSR count). The molecule has 0 fully saturated rings. The van der Waals surface area contributed by atoms with E-state index in [1.165, 1.54) is 0 Å². The van der Waals surface area contributed by atoms with Crippen LogP contribution in [0, 0.1) is 0 Å². The molecule has 0 radical (unpaired) electrons. The lowest BCUT2D eigenvalue weighted by Gasteiger charge is -2.13. The molecule has 1 aromatic carbocycles. The molecular formula is C8H5BF6O3. The molecule has 18 heavy (non-hydrogen) atoms. The predicted octanol–water partition coefficient (Wildman–Crippen LogP) is 2.12. The molecule has 0 spiro atoms. The molecule has 1 N–H and O–H groups in total. The predicted molar refractivity (Wildman–Crippen MR) is 48.0 cm³/mol. The third-order valence-electron chi connectivity index (χ3n) is 1.93. The quantitative estimate of drug-likeness (QED) is 0.397. The number of halogens is 6. The van der Waals surface area contributed by atoms with Gasteiger partial charge in [-0.1, -0.05) is 17.2 Å². The Bertz CT molecular complexity index is 384. The first kappa shape index (κ1) is 14.8. The molecule has 0 aliphatic carbocycles. The first-order valence-electron chi connectivity index (χ1n) is 4.36. The van der Waals surface area contributed by atoms with Crippen molar-refractivity contribution in [2.24, 2.45) is 0 Å². The zero-order valence-electron chi connectivity index (χ0n) is 8.47. The van der Waals surface area contributed by atoms with Gasteiger partial charge in [-0.25, -0.2) is 5.26 Å². The van der Waals surface area contributed by atoms with Gasteiger partial charge in [0.25, 0.3) is 0 Å². The lowest BCUT2D eigenvalue weighted by atomic mass is 9.85. The summed E-state index contributed by atoms with van der Waals surface area (Å²) >= 11 is 0. The van der Waals surface area contributed by atoms with Crippen LogP contribution in [0.3, 0.4) is 0 Å². The molecule has 0 saturated heterocycles. The fourth-order valence-corrected chi connectivity index (χ4v) is 1.20. The number of hydrogen-bond donors (Lipinski definition) is 1. The van der Waals surface area contributed by atoms with E-state index < -0.39 is 36.4 Å². The lowest BCUT2D eigenvalue weighted by molar-refractivity contribution is -0.441. The van der Waals surface area contributed by atoms with E-state index in [9.17, 15) is 26.3 Å². The van der Waals surface area contributed by atoms with Gasteiger partial charge in [0.2, 0.25) is 0 Å². The van der Waals surface area contributed by atoms with Crippen LogP contribution in [0.4, 0.5) is 26.3 Å². The van der Waals surface area contributed by atoms with Gasteiger partial charge < -0.3 is 0 Å². The molecule has 1 aromatic rings. The Morgan fingerprint density at radius 3 is 1.67 bits per heavy atom. The van der Waals surface area contributed by atoms with Crippen LogP contribution in [-0.2, 0) is 22.2 Å². The molecule has 10 heteroatoms. The van der Waals surface area contributed by atoms with Gasteiger partial charge >= 0.3 is 19.8 Å². The number of alkyl halides is 6. The van der Waals surface area contributed by atoms with Crippen molar-refractivity contribution in [3.8, 4) is 0 Å². The summed E-state index contributed by atoms with van der Waals surface area (Å²) in [6.45, 7) is 0. The average Bonchev–Trinajstić information content (AvgIpc) is 2.23. The van der Waals surface area contributed by atoms with Crippen molar-refractivity contribution in [1.29, 1.82) is 0 Å². The highest BCUT2D eigenvalue weighted by atomic mass is 19.4. The fourth-order valence-electron chi connectivity index (χ4n) is 1.20. The van der Waals surface area contributed by atoms with Gasteiger partial charge in [0.15, 0.2) is 0 Å². The summed E-state index contributed by atoms with van der Waals surface area (Å²) in [5, 5.41) is 11.0. The minimum atomic E-state index is -4.92. The Morgan fingerprint density at radius 2 is 1.33 bits per heavy atom. The van der Waals surface area contributed by atoms with Crippen LogP contribution in [0.15, 0.2) is 18.2 Å². The van der Waals surface area contributed by atoms with Gasteiger partial charge in [-0.05, 0) is 11.5 Å². The van der Waals surface area contributed by atoms with Crippen molar-refractivity contribution in [3.63, 3.8) is 0 Å². The zero-order valence-corrected chi connectivity index (χ0v) is 8.47. The third kappa shape index (κ3) is 3.89. The molecule has 0 amide bonds. The summed E-state index contributed by atoms with van der Waals surface area (Å²) in [5.74, 6) is 0. The lowest BCUT2D eigenvalue weighted by Crippen LogP contribution is -2.23. The second kappa shape index (κ2) is 5.16. The first-order chi connectivity index (χ1) is 8.14. The van der Waals surface area contributed by atoms with Crippen LogP contribution in [-0.4, -0.2) is 12.7 Å². The molecule has 0 aliphatic heterocycles. The molecule has 0 unspecified atom stereocenters. The summed E-state index contributed by atoms with van der Waals surface area (Å²) in [6, 6.07) is 0.922. The van der Waals surface area contributed by atoms with Crippen LogP contribution < -0.4 is 5.46 Å². The summed E-state index contributed by atoms with van der Waals surface area (Å²) in [5.41, 5.74) is -3.37. The topological polar surface area (TPSA) is 38.7 Å². The van der Waals surface area contributed by atoms with Gasteiger partial charge in [-0.2, -0.15) is 26.3 Å². The molecule has 3 nitrogen and oxygen atoms in total. The van der Waals surface area contributed by atoms with Crippen LogP contribution in [0.1, 0.15) is 11.1 Å². The maximum atomic E-state index is 12.4. The molecular weight excluding hydrogens is 269 g/mol. The van der Waals surface area contributed by atoms with Crippen molar-refractivity contribution in [2.45, 2.75) is 12.4 Å². The highest BCUT2D eigenvalue weighted by Gasteiger charge is 2.36. The standard InChI is InChI=1S/C8H5BF6O3/c10-7(11,12)4-1-5(8(13,14)15)3-6(2-4)9-17-18-16/h1-3,9,16H. The van der Waals surface area contributed by atoms with Crippen molar-refractivity contribution in [1.82, 2.24) is 0 Å². The summed E-state index contributed by atoms with van der Waals surface area (Å²) in [7, 11) is -0.760. The normalized spacial score (nSPS) is 12.6. The van der Waals surface area contributed by atoms with Crippen LogP contribution in [0.5, 0.6) is 0 Å². The summed E-state index contributed by atoms with van der Waals surface area (Å²) in [4.78, 5) is 3.88. The Kier molecular flexibility index (Phi) is 4.25. The molecule has 100 valence electrons. The van der Waals surface area contributed by atoms with Crippen LogP contribution in [0.2, 0.25) is 0 Å². The van der Waals surface area contributed by atoms with E-state index in [1.54, 1.807) is 0 Å². The van der Waals surface area contributed by atoms with E-state index in [4.69, 9.17) is 5.26 Å². The van der Waals surface area contributed by atoms with E-state index in [-0.39, 0.29) is 6.07 Å². The largest absolute Gasteiger partial charge is 0.416 e. The van der Waals surface area contributed by atoms with E-state index in [1.807, 2.05) is 0 Å². The van der Waals surface area contributed by atoms with Crippen molar-refractivity contribution in [2.75, 3.05) is 0 Å². The van der Waals surface area contributed by atoms with Crippen molar-refractivity contribution < 1.29 is 41.4 Å². The first-order valence-corrected chi connectivity index (χ1v) is 4.36. The Labute approximate surface area is 97.1 Å². The van der Waals surface area contributed by atoms with Gasteiger partial charge in [-0.3, -0.25) is 4.81 Å². The number of benzene rings is 1. The van der Waals surface area contributed by atoms with Gasteiger partial charge in [0.05, 0.1) is 11.1 Å². The second-order valence-electron chi connectivity index (χ2n) is 3.25. The molecule has 0 aromatic heterocycles. The molecule has 0 aliphatic rings. The highest BCUT2D eigenvalue weighted by molar-refractivity contribution is 6.46. The maximum absolute atomic E-state index is 12.4. The van der Waals surface area contributed by atoms with Crippen LogP contribution in [0.25, 0.3) is 0 Å². The molecule has 0 heterocycles. The van der Waals surface area contributed by atoms with E-state index in [0.717, 1.165) is 0 Å². The minimum absolute atomic E-state index is 0.0106. The third-order valence-corrected chi connectivity index (χ3v) is 1.93. The van der Waals surface area contributed by atoms with Gasteiger partial charge in [-0.15, -0.1) is 0 Å². The minimum Gasteiger partial charge on any atom is -0.274 e. The monoisotopic (exact) mass is 274 g/mol. The molecule has 0 bridgehead atoms. The van der Waals surface area contributed by atoms with Gasteiger partial charge in [0.1, 0.15) is 0 Å². The highest BCUT2D eigenvalue weighted by Crippen LogP contribution is 2.34. The van der Waals surface area contributed by atoms with Crippen molar-refractivity contribution >= 4 is 12.9 Å². The Morgan fingerprint density at radius 1 is 0.889 bits per heavy atom. The van der Waals surface area contributed by atoms with Crippen LogP contribution >= 0.6 is 0 Å². The smallest absolute Gasteiger partial charge is 0.274 e. The van der Waals surface area contributed by atoms with Crippen molar-refractivity contribution in [3.05, 3.63) is 29.3 Å². The molecule has 0 atom stereocenters. The number of hydrogen-bond acceptors (Lipinski definition) is 3. The van der Waals surface area contributed by atoms with E-state index in [2.05, 4.69) is 9.84 Å². The fraction of sp³-hybridized carbons (Fsp3) is 0.250. The SMILES string of the molecule is OOOBc1cc(C(F)(F)F)cc(C(F)(F)F)c1.